The van der Waals surface area contributed by atoms with E-state index < -0.39 is 5.97 Å². The molecule has 0 amide bonds. The van der Waals surface area contributed by atoms with E-state index in [0.717, 1.165) is 18.2 Å². The normalized spacial score (nSPS) is 10.6. The number of carboxylic acid groups (broad SMARTS) is 1. The van der Waals surface area contributed by atoms with E-state index in [-0.39, 0.29) is 6.61 Å². The van der Waals surface area contributed by atoms with Gasteiger partial charge in [0.25, 0.3) is 0 Å². The first-order valence-electron chi connectivity index (χ1n) is 5.32. The molecule has 0 saturated carbocycles. The molecule has 0 fully saturated rings. The Morgan fingerprint density at radius 2 is 2.06 bits per heavy atom. The summed E-state index contributed by atoms with van der Waals surface area (Å²) in [6.45, 7) is 0.950. The predicted octanol–water partition coefficient (Wildman–Crippen LogP) is 1.90. The van der Waals surface area contributed by atoms with E-state index >= 15 is 0 Å². The summed E-state index contributed by atoms with van der Waals surface area (Å²) in [6.07, 6.45) is 3.39. The van der Waals surface area contributed by atoms with Crippen LogP contribution in [0.4, 0.5) is 0 Å². The van der Waals surface area contributed by atoms with Gasteiger partial charge in [0.05, 0.1) is 6.61 Å². The van der Waals surface area contributed by atoms with Gasteiger partial charge in [0, 0.05) is 13.2 Å². The zero-order valence-electron chi connectivity index (χ0n) is 9.76. The van der Waals surface area contributed by atoms with Crippen LogP contribution in [0.2, 0.25) is 0 Å². The van der Waals surface area contributed by atoms with Crippen LogP contribution in [-0.2, 0) is 16.0 Å². The summed E-state index contributed by atoms with van der Waals surface area (Å²) >= 11 is 0. The minimum absolute atomic E-state index is 0.254. The van der Waals surface area contributed by atoms with Gasteiger partial charge in [0.2, 0.25) is 0 Å². The van der Waals surface area contributed by atoms with Crippen LogP contribution < -0.4 is 4.74 Å². The Bertz CT molecular complexity index is 368. The summed E-state index contributed by atoms with van der Waals surface area (Å²) in [7, 11) is 1.67. The second-order valence-electron chi connectivity index (χ2n) is 3.44. The lowest BCUT2D eigenvalue weighted by molar-refractivity contribution is -0.131. The fourth-order valence-corrected chi connectivity index (χ4v) is 1.27. The van der Waals surface area contributed by atoms with Gasteiger partial charge in [-0.25, -0.2) is 4.79 Å². The number of carboxylic acids is 1. The summed E-state index contributed by atoms with van der Waals surface area (Å²) in [6, 6.07) is 7.66. The molecular formula is C13H16O4. The van der Waals surface area contributed by atoms with Gasteiger partial charge >= 0.3 is 5.97 Å². The van der Waals surface area contributed by atoms with E-state index in [1.54, 1.807) is 7.11 Å². The molecular weight excluding hydrogens is 220 g/mol. The molecule has 4 nitrogen and oxygen atoms in total. The fourth-order valence-electron chi connectivity index (χ4n) is 1.27. The average molecular weight is 236 g/mol. The highest BCUT2D eigenvalue weighted by molar-refractivity contribution is 5.79. The molecule has 1 rings (SSSR count). The number of methoxy groups -OCH3 is 1. The molecule has 0 radical (unpaired) electrons. The van der Waals surface area contributed by atoms with Gasteiger partial charge in [-0.15, -0.1) is 0 Å². The molecule has 1 N–H and O–H groups in total. The number of ether oxygens (including phenoxy) is 2. The van der Waals surface area contributed by atoms with Crippen LogP contribution in [0, 0.1) is 0 Å². The third-order valence-electron chi connectivity index (χ3n) is 2.12. The summed E-state index contributed by atoms with van der Waals surface area (Å²) in [5, 5.41) is 8.38. The maximum atomic E-state index is 10.2. The SMILES string of the molecule is COCCc1ccc(OCC=CC(=O)O)cc1. The first-order valence-corrected chi connectivity index (χ1v) is 5.32. The van der Waals surface area contributed by atoms with Crippen molar-refractivity contribution in [3.63, 3.8) is 0 Å². The molecule has 0 heterocycles. The van der Waals surface area contributed by atoms with Crippen molar-refractivity contribution in [3.05, 3.63) is 42.0 Å². The van der Waals surface area contributed by atoms with Crippen molar-refractivity contribution in [3.8, 4) is 5.75 Å². The van der Waals surface area contributed by atoms with Crippen LogP contribution in [0.15, 0.2) is 36.4 Å². The van der Waals surface area contributed by atoms with Gasteiger partial charge < -0.3 is 14.6 Å². The molecule has 0 aromatic heterocycles. The Kier molecular flexibility index (Phi) is 5.82. The van der Waals surface area contributed by atoms with Gasteiger partial charge in [-0.2, -0.15) is 0 Å². The quantitative estimate of drug-likeness (QED) is 0.734. The van der Waals surface area contributed by atoms with Gasteiger partial charge in [0.15, 0.2) is 0 Å². The predicted molar refractivity (Wildman–Crippen MR) is 64.3 cm³/mol. The van der Waals surface area contributed by atoms with E-state index in [1.807, 2.05) is 24.3 Å². The molecule has 0 saturated heterocycles. The molecule has 92 valence electrons. The first-order chi connectivity index (χ1) is 8.22. The van der Waals surface area contributed by atoms with E-state index in [2.05, 4.69) is 0 Å². The highest BCUT2D eigenvalue weighted by Crippen LogP contribution is 2.12. The van der Waals surface area contributed by atoms with Crippen LogP contribution in [0.3, 0.4) is 0 Å². The standard InChI is InChI=1S/C13H16O4/c1-16-10-8-11-4-6-12(7-5-11)17-9-2-3-13(14)15/h2-7H,8-10H2,1H3,(H,14,15). The third-order valence-corrected chi connectivity index (χ3v) is 2.12. The highest BCUT2D eigenvalue weighted by Gasteiger charge is 1.95. The lowest BCUT2D eigenvalue weighted by atomic mass is 10.1. The maximum Gasteiger partial charge on any atom is 0.328 e. The van der Waals surface area contributed by atoms with Crippen LogP contribution in [0.25, 0.3) is 0 Å². The second-order valence-corrected chi connectivity index (χ2v) is 3.44. The summed E-state index contributed by atoms with van der Waals surface area (Å²) < 4.78 is 10.3. The third kappa shape index (κ3) is 5.73. The van der Waals surface area contributed by atoms with Crippen molar-refractivity contribution >= 4 is 5.97 Å². The van der Waals surface area contributed by atoms with Crippen LogP contribution in [0.1, 0.15) is 5.56 Å². The van der Waals surface area contributed by atoms with Crippen molar-refractivity contribution in [1.82, 2.24) is 0 Å². The number of benzene rings is 1. The van der Waals surface area contributed by atoms with Crippen molar-refractivity contribution < 1.29 is 19.4 Å². The number of carbonyl (C=O) groups is 1. The monoisotopic (exact) mass is 236 g/mol. The summed E-state index contributed by atoms with van der Waals surface area (Å²) in [5.41, 5.74) is 1.18. The molecule has 0 aliphatic carbocycles. The highest BCUT2D eigenvalue weighted by atomic mass is 16.5. The summed E-state index contributed by atoms with van der Waals surface area (Å²) in [4.78, 5) is 10.2. The topological polar surface area (TPSA) is 55.8 Å². The maximum absolute atomic E-state index is 10.2. The number of hydrogen-bond donors (Lipinski definition) is 1. The average Bonchev–Trinajstić information content (AvgIpc) is 2.33. The summed E-state index contributed by atoms with van der Waals surface area (Å²) in [5.74, 6) is -0.246. The minimum atomic E-state index is -0.969. The molecule has 17 heavy (non-hydrogen) atoms. The van der Waals surface area contributed by atoms with Gasteiger partial charge in [-0.1, -0.05) is 12.1 Å². The molecule has 0 spiro atoms. The molecule has 0 atom stereocenters. The van der Waals surface area contributed by atoms with E-state index in [0.29, 0.717) is 6.61 Å². The van der Waals surface area contributed by atoms with E-state index in [1.165, 1.54) is 11.6 Å². The van der Waals surface area contributed by atoms with Crippen molar-refractivity contribution in [2.45, 2.75) is 6.42 Å². The molecule has 0 aliphatic rings. The van der Waals surface area contributed by atoms with Crippen molar-refractivity contribution in [2.75, 3.05) is 20.3 Å². The Morgan fingerprint density at radius 3 is 2.65 bits per heavy atom. The van der Waals surface area contributed by atoms with Crippen molar-refractivity contribution in [1.29, 1.82) is 0 Å². The lowest BCUT2D eigenvalue weighted by Crippen LogP contribution is -1.97. The van der Waals surface area contributed by atoms with Gasteiger partial charge in [0.1, 0.15) is 12.4 Å². The second kappa shape index (κ2) is 7.46. The number of rotatable bonds is 7. The zero-order valence-corrected chi connectivity index (χ0v) is 9.76. The molecule has 0 unspecified atom stereocenters. The Hall–Kier alpha value is -1.81. The van der Waals surface area contributed by atoms with E-state index in [4.69, 9.17) is 14.6 Å². The van der Waals surface area contributed by atoms with Crippen LogP contribution in [0.5, 0.6) is 5.75 Å². The Labute approximate surface area is 100 Å². The Morgan fingerprint density at radius 1 is 1.35 bits per heavy atom. The van der Waals surface area contributed by atoms with Crippen molar-refractivity contribution in [2.24, 2.45) is 0 Å². The largest absolute Gasteiger partial charge is 0.490 e. The van der Waals surface area contributed by atoms with E-state index in [9.17, 15) is 4.79 Å². The first kappa shape index (κ1) is 13.3. The van der Waals surface area contributed by atoms with Gasteiger partial charge in [-0.05, 0) is 30.2 Å². The van der Waals surface area contributed by atoms with Gasteiger partial charge in [-0.3, -0.25) is 0 Å². The Balaban J connectivity index is 2.37. The van der Waals surface area contributed by atoms with Crippen LogP contribution in [-0.4, -0.2) is 31.4 Å². The lowest BCUT2D eigenvalue weighted by Gasteiger charge is -2.04. The number of aliphatic carboxylic acids is 1. The smallest absolute Gasteiger partial charge is 0.328 e. The van der Waals surface area contributed by atoms with Crippen LogP contribution >= 0.6 is 0 Å². The molecule has 0 bridgehead atoms. The number of hydrogen-bond acceptors (Lipinski definition) is 3. The fraction of sp³-hybridized carbons (Fsp3) is 0.308. The molecule has 1 aromatic rings. The molecule has 1 aromatic carbocycles. The minimum Gasteiger partial charge on any atom is -0.490 e. The molecule has 0 aliphatic heterocycles. The molecule has 4 heteroatoms. The zero-order chi connectivity index (χ0) is 12.5.